The molecule has 0 fully saturated rings. The first-order chi connectivity index (χ1) is 15.3. The largest absolute Gasteiger partial charge is 0.459 e. The third kappa shape index (κ3) is 5.18. The fourth-order valence-electron chi connectivity index (χ4n) is 2.93. The minimum atomic E-state index is -3.78. The average Bonchev–Trinajstić information content (AvgIpc) is 3.30. The highest BCUT2D eigenvalue weighted by molar-refractivity contribution is 7.89. The van der Waals surface area contributed by atoms with E-state index < -0.39 is 21.9 Å². The van der Waals surface area contributed by atoms with Crippen LogP contribution >= 0.6 is 11.6 Å². The second kappa shape index (κ2) is 9.99. The van der Waals surface area contributed by atoms with Gasteiger partial charge in [0.2, 0.25) is 10.0 Å². The minimum absolute atomic E-state index is 0.0516. The van der Waals surface area contributed by atoms with E-state index in [1.165, 1.54) is 47.0 Å². The maximum Gasteiger partial charge on any atom is 0.345 e. The molecule has 0 saturated carbocycles. The van der Waals surface area contributed by atoms with Crippen molar-refractivity contribution in [2.45, 2.75) is 18.7 Å². The molecule has 10 heteroatoms. The van der Waals surface area contributed by atoms with E-state index in [4.69, 9.17) is 20.8 Å². The number of nitrogens with zero attached hydrogens (tertiary/aromatic N) is 1. The molecule has 0 spiro atoms. The van der Waals surface area contributed by atoms with Gasteiger partial charge in [0.1, 0.15) is 5.75 Å². The average molecular weight is 477 g/mol. The SMILES string of the molecule is CCN(CC)S(=O)(=O)c1ccc(Cl)c(C(=O)Oc2cccc(NC(=O)c3ccco3)c2)c1. The molecule has 0 atom stereocenters. The van der Waals surface area contributed by atoms with Gasteiger partial charge in [0.25, 0.3) is 5.91 Å². The summed E-state index contributed by atoms with van der Waals surface area (Å²) in [5.74, 6) is -1.03. The lowest BCUT2D eigenvalue weighted by Crippen LogP contribution is -2.30. The number of rotatable bonds is 8. The highest BCUT2D eigenvalue weighted by atomic mass is 35.5. The van der Waals surface area contributed by atoms with Crippen LogP contribution in [0.15, 0.2) is 70.2 Å². The number of sulfonamides is 1. The number of hydrogen-bond acceptors (Lipinski definition) is 6. The van der Waals surface area contributed by atoms with Crippen LogP contribution in [0.3, 0.4) is 0 Å². The van der Waals surface area contributed by atoms with Crippen molar-refractivity contribution >= 4 is 39.2 Å². The number of halogens is 1. The third-order valence-electron chi connectivity index (χ3n) is 4.55. The molecule has 0 aliphatic carbocycles. The van der Waals surface area contributed by atoms with Gasteiger partial charge in [-0.1, -0.05) is 31.5 Å². The van der Waals surface area contributed by atoms with E-state index in [0.29, 0.717) is 5.69 Å². The number of anilines is 1. The Labute approximate surface area is 190 Å². The summed E-state index contributed by atoms with van der Waals surface area (Å²) in [7, 11) is -3.78. The van der Waals surface area contributed by atoms with Crippen LogP contribution < -0.4 is 10.1 Å². The molecule has 1 N–H and O–H groups in total. The summed E-state index contributed by atoms with van der Waals surface area (Å²) in [6, 6.07) is 13.2. The van der Waals surface area contributed by atoms with Gasteiger partial charge in [-0.3, -0.25) is 4.79 Å². The van der Waals surface area contributed by atoms with Crippen LogP contribution in [0.4, 0.5) is 5.69 Å². The zero-order chi connectivity index (χ0) is 23.3. The number of benzene rings is 2. The number of carbonyl (C=O) groups excluding carboxylic acids is 2. The van der Waals surface area contributed by atoms with Crippen LogP contribution in [0.2, 0.25) is 5.02 Å². The summed E-state index contributed by atoms with van der Waals surface area (Å²) in [5.41, 5.74) is 0.283. The van der Waals surface area contributed by atoms with Gasteiger partial charge in [0.15, 0.2) is 5.76 Å². The number of esters is 1. The summed E-state index contributed by atoms with van der Waals surface area (Å²) in [6.45, 7) is 4.03. The Balaban J connectivity index is 1.81. The molecular weight excluding hydrogens is 456 g/mol. The molecule has 8 nitrogen and oxygen atoms in total. The van der Waals surface area contributed by atoms with Gasteiger partial charge in [0.05, 0.1) is 21.7 Å². The topological polar surface area (TPSA) is 106 Å². The van der Waals surface area contributed by atoms with Crippen molar-refractivity contribution in [3.63, 3.8) is 0 Å². The molecule has 0 aliphatic heterocycles. The Hall–Kier alpha value is -3.14. The molecule has 1 heterocycles. The number of ether oxygens (including phenoxy) is 1. The van der Waals surface area contributed by atoms with Crippen molar-refractivity contribution in [1.29, 1.82) is 0 Å². The van der Waals surface area contributed by atoms with E-state index in [0.717, 1.165) is 0 Å². The lowest BCUT2D eigenvalue weighted by Gasteiger charge is -2.19. The Kier molecular flexibility index (Phi) is 7.34. The first-order valence-corrected chi connectivity index (χ1v) is 11.5. The number of furan rings is 1. The smallest absolute Gasteiger partial charge is 0.345 e. The molecule has 0 bridgehead atoms. The summed E-state index contributed by atoms with van der Waals surface area (Å²) in [5, 5.41) is 2.68. The monoisotopic (exact) mass is 476 g/mol. The Morgan fingerprint density at radius 2 is 1.81 bits per heavy atom. The Morgan fingerprint density at radius 1 is 1.06 bits per heavy atom. The fourth-order valence-corrected chi connectivity index (χ4v) is 4.61. The normalized spacial score (nSPS) is 11.4. The number of hydrogen-bond donors (Lipinski definition) is 1. The Morgan fingerprint density at radius 3 is 2.47 bits per heavy atom. The maximum atomic E-state index is 12.8. The first-order valence-electron chi connectivity index (χ1n) is 9.73. The van der Waals surface area contributed by atoms with E-state index in [9.17, 15) is 18.0 Å². The molecule has 2 aromatic carbocycles. The standard InChI is InChI=1S/C22H21ClN2O6S/c1-3-25(4-2)32(28,29)17-10-11-19(23)18(14-17)22(27)31-16-8-5-7-15(13-16)24-21(26)20-9-6-12-30-20/h5-14H,3-4H2,1-2H3,(H,24,26). The van der Waals surface area contributed by atoms with E-state index in [1.807, 2.05) is 0 Å². The van der Waals surface area contributed by atoms with E-state index >= 15 is 0 Å². The first kappa shape index (κ1) is 23.5. The van der Waals surface area contributed by atoms with Crippen LogP contribution in [0, 0.1) is 0 Å². The number of nitrogens with one attached hydrogen (secondary N) is 1. The molecule has 0 radical (unpaired) electrons. The summed E-state index contributed by atoms with van der Waals surface area (Å²) in [4.78, 5) is 24.8. The van der Waals surface area contributed by atoms with Gasteiger partial charge in [0, 0.05) is 24.8 Å². The van der Waals surface area contributed by atoms with Gasteiger partial charge < -0.3 is 14.5 Å². The highest BCUT2D eigenvalue weighted by Gasteiger charge is 2.24. The molecular formula is C22H21ClN2O6S. The number of carbonyl (C=O) groups is 2. The minimum Gasteiger partial charge on any atom is -0.459 e. The second-order valence-electron chi connectivity index (χ2n) is 6.58. The summed E-state index contributed by atoms with van der Waals surface area (Å²) >= 11 is 6.14. The van der Waals surface area contributed by atoms with E-state index in [1.54, 1.807) is 32.0 Å². The lowest BCUT2D eigenvalue weighted by atomic mass is 10.2. The molecule has 168 valence electrons. The van der Waals surface area contributed by atoms with Crippen molar-refractivity contribution in [3.05, 3.63) is 77.2 Å². The second-order valence-corrected chi connectivity index (χ2v) is 8.92. The van der Waals surface area contributed by atoms with Crippen LogP contribution in [-0.2, 0) is 10.0 Å². The van der Waals surface area contributed by atoms with Crippen molar-refractivity contribution in [1.82, 2.24) is 4.31 Å². The van der Waals surface area contributed by atoms with E-state index in [2.05, 4.69) is 5.32 Å². The van der Waals surface area contributed by atoms with Crippen molar-refractivity contribution < 1.29 is 27.2 Å². The van der Waals surface area contributed by atoms with Gasteiger partial charge in [-0.05, 0) is 42.5 Å². The van der Waals surface area contributed by atoms with Crippen LogP contribution in [0.5, 0.6) is 5.75 Å². The molecule has 3 aromatic rings. The third-order valence-corrected chi connectivity index (χ3v) is 6.92. The fraction of sp³-hybridized carbons (Fsp3) is 0.182. The van der Waals surface area contributed by atoms with Crippen LogP contribution in [0.25, 0.3) is 0 Å². The lowest BCUT2D eigenvalue weighted by molar-refractivity contribution is 0.0734. The van der Waals surface area contributed by atoms with Gasteiger partial charge in [-0.15, -0.1) is 0 Å². The zero-order valence-corrected chi connectivity index (χ0v) is 18.9. The predicted octanol–water partition coefficient (Wildman–Crippen LogP) is 4.44. The van der Waals surface area contributed by atoms with Crippen molar-refractivity contribution in [3.8, 4) is 5.75 Å². The van der Waals surface area contributed by atoms with Crippen LogP contribution in [-0.4, -0.2) is 37.7 Å². The molecule has 32 heavy (non-hydrogen) atoms. The molecule has 0 saturated heterocycles. The molecule has 1 amide bonds. The molecule has 0 unspecified atom stereocenters. The van der Waals surface area contributed by atoms with Crippen molar-refractivity contribution in [2.75, 3.05) is 18.4 Å². The highest BCUT2D eigenvalue weighted by Crippen LogP contribution is 2.25. The van der Waals surface area contributed by atoms with Crippen molar-refractivity contribution in [2.24, 2.45) is 0 Å². The maximum absolute atomic E-state index is 12.8. The van der Waals surface area contributed by atoms with Gasteiger partial charge in [-0.2, -0.15) is 4.31 Å². The quantitative estimate of drug-likeness (QED) is 0.380. The van der Waals surface area contributed by atoms with Gasteiger partial charge in [-0.25, -0.2) is 13.2 Å². The van der Waals surface area contributed by atoms with Gasteiger partial charge >= 0.3 is 5.97 Å². The molecule has 3 rings (SSSR count). The Bertz CT molecular complexity index is 1220. The molecule has 0 aliphatic rings. The predicted molar refractivity (Wildman–Crippen MR) is 120 cm³/mol. The summed E-state index contributed by atoms with van der Waals surface area (Å²) < 4.78 is 37.2. The zero-order valence-electron chi connectivity index (χ0n) is 17.4. The number of amides is 1. The van der Waals surface area contributed by atoms with Crippen LogP contribution in [0.1, 0.15) is 34.8 Å². The van der Waals surface area contributed by atoms with E-state index in [-0.39, 0.29) is 40.1 Å². The summed E-state index contributed by atoms with van der Waals surface area (Å²) in [6.07, 6.45) is 1.38. The molecule has 1 aromatic heterocycles.